The van der Waals surface area contributed by atoms with Gasteiger partial charge in [0, 0.05) is 28.5 Å². The highest BCUT2D eigenvalue weighted by atomic mass is 32.2. The molecule has 22 nitrogen and oxygen atoms in total. The van der Waals surface area contributed by atoms with Crippen LogP contribution in [0.5, 0.6) is 11.5 Å². The highest BCUT2D eigenvalue weighted by Crippen LogP contribution is 2.41. The Bertz CT molecular complexity index is 2410. The number of nitrogens with zero attached hydrogens (tertiary/aromatic N) is 7. The van der Waals surface area contributed by atoms with Crippen LogP contribution in [0.3, 0.4) is 0 Å². The molecule has 25 heteroatoms. The molecular weight excluding hydrogens is 787 g/mol. The van der Waals surface area contributed by atoms with Crippen LogP contribution in [0, 0.1) is 0 Å². The maximum Gasteiger partial charge on any atom is 0.375 e. The Labute approximate surface area is 320 Å². The number of carbonyl (C=O) groups excluding carboxylic acids is 4. The second-order valence-corrected chi connectivity index (χ2v) is 14.2. The molecule has 2 atom stereocenters. The summed E-state index contributed by atoms with van der Waals surface area (Å²) in [5, 5.41) is 49.4. The molecule has 0 bridgehead atoms. The topological polar surface area (TPSA) is 326 Å². The van der Waals surface area contributed by atoms with Crippen molar-refractivity contribution in [2.24, 2.45) is 5.16 Å². The minimum Gasteiger partial charge on any atom is -0.504 e. The van der Waals surface area contributed by atoms with Gasteiger partial charge in [0.1, 0.15) is 22.8 Å². The van der Waals surface area contributed by atoms with Gasteiger partial charge in [0.05, 0.1) is 10.6 Å². The van der Waals surface area contributed by atoms with Crippen molar-refractivity contribution in [1.29, 1.82) is 0 Å². The Morgan fingerprint density at radius 2 is 1.82 bits per heavy atom. The van der Waals surface area contributed by atoms with Crippen molar-refractivity contribution in [3.05, 3.63) is 69.9 Å². The molecule has 1 unspecified atom stereocenters. The fourth-order valence-corrected chi connectivity index (χ4v) is 7.33. The van der Waals surface area contributed by atoms with Crippen LogP contribution in [0.4, 0.5) is 5.13 Å². The van der Waals surface area contributed by atoms with E-state index in [1.807, 2.05) is 0 Å². The van der Waals surface area contributed by atoms with E-state index in [-0.39, 0.29) is 44.1 Å². The van der Waals surface area contributed by atoms with Crippen molar-refractivity contribution in [1.82, 2.24) is 45.6 Å². The zero-order chi connectivity index (χ0) is 39.9. The third-order valence-corrected chi connectivity index (χ3v) is 10.2. The summed E-state index contributed by atoms with van der Waals surface area (Å²) in [5.41, 5.74) is 7.17. The van der Waals surface area contributed by atoms with Crippen LogP contribution in [0.1, 0.15) is 46.2 Å². The number of rotatable bonds is 11. The fraction of sp³-hybridized carbons (Fsp3) is 0.200. The Balaban J connectivity index is 1.18. The molecule has 0 spiro atoms. The molecule has 2 aliphatic rings. The van der Waals surface area contributed by atoms with Crippen LogP contribution in [0.2, 0.25) is 0 Å². The smallest absolute Gasteiger partial charge is 0.375 e. The van der Waals surface area contributed by atoms with E-state index < -0.39 is 81.3 Å². The number of benzene rings is 1. The van der Waals surface area contributed by atoms with Crippen LogP contribution in [0.25, 0.3) is 5.78 Å². The highest BCUT2D eigenvalue weighted by molar-refractivity contribution is 8.00. The van der Waals surface area contributed by atoms with Crippen LogP contribution < -0.4 is 21.9 Å². The van der Waals surface area contributed by atoms with E-state index >= 15 is 0 Å². The number of nitrogen functional groups attached to an aromatic ring is 1. The Morgan fingerprint density at radius 1 is 1.07 bits per heavy atom. The predicted molar refractivity (Wildman–Crippen MR) is 193 cm³/mol. The number of phenolic OH excluding ortho intramolecular Hbond substituents is 2. The van der Waals surface area contributed by atoms with Crippen molar-refractivity contribution < 1.29 is 54.0 Å². The minimum atomic E-state index is -1.85. The van der Waals surface area contributed by atoms with E-state index in [0.717, 1.165) is 44.6 Å². The second-order valence-electron chi connectivity index (χ2n) is 11.8. The van der Waals surface area contributed by atoms with E-state index in [4.69, 9.17) is 22.8 Å². The first-order valence-corrected chi connectivity index (χ1v) is 17.6. The van der Waals surface area contributed by atoms with Crippen molar-refractivity contribution in [3.63, 3.8) is 0 Å². The molecule has 9 N–H and O–H groups in total. The number of β-lactam (4-membered cyclic amide) rings is 1. The number of aromatic nitrogens is 5. The third kappa shape index (κ3) is 7.29. The maximum absolute atomic E-state index is 13.6. The Hall–Kier alpha value is -6.73. The number of nitrogens with two attached hydrogens (primary N) is 1. The number of thiocarbonyl (C=S) groups is 1. The average Bonchev–Trinajstić information content (AvgIpc) is 3.79. The van der Waals surface area contributed by atoms with E-state index in [1.165, 1.54) is 37.6 Å². The number of carboxylic acid groups (broad SMARTS) is 2. The molecule has 1 fully saturated rings. The summed E-state index contributed by atoms with van der Waals surface area (Å²) in [6, 6.07) is 3.35. The number of phenols is 2. The Kier molecular flexibility index (Phi) is 10.1. The number of hydrogen-bond donors (Lipinski definition) is 8. The zero-order valence-corrected chi connectivity index (χ0v) is 30.4. The standard InChI is InChI=1S/C30H25N11O11S3/c1-30(2,27(51)37-36-21(44)10-3-4-14(42)15(43)7-10)52-39-16(12-9-55-28(31)33-12)22(45)34-17-23(46)40-18(25(47)48)11(8-54-24(17)40)19(53)13-5-6-32-29-35-20(26(49)50)38-41(13)29/h3-7,9,17,24,42-43H,8H2,1-2H3,(H2,31,33)(H,34,45)(H,36,44)(H,37,51)(H,47,48)(H,49,50)/t17?,24-/m0/s1. The maximum atomic E-state index is 13.6. The molecule has 55 heavy (non-hydrogen) atoms. The molecule has 4 amide bonds. The van der Waals surface area contributed by atoms with Gasteiger partial charge in [-0.15, -0.1) is 28.2 Å². The SMILES string of the molecule is CC(C)(ON=C(C(=O)NC1C(=O)N2C(C(=O)O)=C(C(=S)c3ccnc4nc(C(=O)O)nn34)CS[C@@H]12)c1csc(N)n1)C(=O)NNC(=O)c1ccc(O)c(O)c1. The van der Waals surface area contributed by atoms with Gasteiger partial charge in [-0.2, -0.15) is 9.50 Å². The van der Waals surface area contributed by atoms with E-state index in [1.54, 1.807) is 0 Å². The van der Waals surface area contributed by atoms with Crippen LogP contribution in [-0.2, 0) is 24.0 Å². The number of aromatic carboxylic acids is 1. The summed E-state index contributed by atoms with van der Waals surface area (Å²) in [4.78, 5) is 94.7. The predicted octanol–water partition coefficient (Wildman–Crippen LogP) is -0.610. The molecule has 1 aromatic carbocycles. The molecule has 5 heterocycles. The second kappa shape index (κ2) is 14.6. The van der Waals surface area contributed by atoms with Gasteiger partial charge in [-0.1, -0.05) is 17.4 Å². The van der Waals surface area contributed by atoms with Gasteiger partial charge in [0.25, 0.3) is 35.2 Å². The number of carbonyl (C=O) groups is 6. The number of aromatic hydroxyl groups is 2. The quantitative estimate of drug-likeness (QED) is 0.0234. The monoisotopic (exact) mass is 811 g/mol. The first kappa shape index (κ1) is 38.0. The van der Waals surface area contributed by atoms with Gasteiger partial charge in [0.2, 0.25) is 5.60 Å². The largest absolute Gasteiger partial charge is 0.504 e. The Morgan fingerprint density at radius 3 is 2.47 bits per heavy atom. The molecule has 1 saturated heterocycles. The molecule has 2 aliphatic heterocycles. The van der Waals surface area contributed by atoms with E-state index in [9.17, 15) is 49.2 Å². The number of hydrogen-bond acceptors (Lipinski definition) is 18. The highest BCUT2D eigenvalue weighted by Gasteiger charge is 2.55. The summed E-state index contributed by atoms with van der Waals surface area (Å²) in [6.07, 6.45) is 1.29. The summed E-state index contributed by atoms with van der Waals surface area (Å²) in [5.74, 6) is -8.27. The molecule has 284 valence electrons. The van der Waals surface area contributed by atoms with Gasteiger partial charge in [-0.05, 0) is 38.1 Å². The van der Waals surface area contributed by atoms with E-state index in [0.29, 0.717) is 0 Å². The number of oxime groups is 1. The van der Waals surface area contributed by atoms with Crippen LogP contribution in [-0.4, -0.2) is 119 Å². The number of amides is 4. The molecule has 0 aliphatic carbocycles. The third-order valence-electron chi connectivity index (χ3n) is 7.81. The summed E-state index contributed by atoms with van der Waals surface area (Å²) < 4.78 is 1.05. The van der Waals surface area contributed by atoms with Crippen LogP contribution in [0.15, 0.2) is 52.3 Å². The molecule has 3 aromatic heterocycles. The normalized spacial score (nSPS) is 16.9. The lowest BCUT2D eigenvalue weighted by atomic mass is 10.00. The lowest BCUT2D eigenvalue weighted by molar-refractivity contribution is -0.150. The first-order chi connectivity index (χ1) is 26.0. The summed E-state index contributed by atoms with van der Waals surface area (Å²) in [6.45, 7) is 2.52. The number of fused-ring (bicyclic) bond motifs is 2. The van der Waals surface area contributed by atoms with Gasteiger partial charge in [-0.3, -0.25) is 34.9 Å². The first-order valence-electron chi connectivity index (χ1n) is 15.3. The summed E-state index contributed by atoms with van der Waals surface area (Å²) in [7, 11) is 0. The van der Waals surface area contributed by atoms with E-state index in [2.05, 4.69) is 41.4 Å². The van der Waals surface area contributed by atoms with Gasteiger partial charge < -0.3 is 36.3 Å². The van der Waals surface area contributed by atoms with Crippen molar-refractivity contribution >= 4 is 92.4 Å². The molecule has 0 saturated carbocycles. The van der Waals surface area contributed by atoms with Gasteiger partial charge in [0.15, 0.2) is 22.3 Å². The lowest BCUT2D eigenvalue weighted by Gasteiger charge is -2.49. The molecular formula is C30H25N11O11S3. The lowest BCUT2D eigenvalue weighted by Crippen LogP contribution is -2.71. The average molecular weight is 812 g/mol. The number of thiazole rings is 1. The van der Waals surface area contributed by atoms with Crippen molar-refractivity contribution in [2.45, 2.75) is 30.9 Å². The number of anilines is 1. The van der Waals surface area contributed by atoms with Crippen molar-refractivity contribution in [2.75, 3.05) is 11.5 Å². The summed E-state index contributed by atoms with van der Waals surface area (Å²) >= 11 is 7.64. The number of thioether (sulfide) groups is 1. The minimum absolute atomic E-state index is 0.0421. The van der Waals surface area contributed by atoms with Gasteiger partial charge in [-0.25, -0.2) is 19.6 Å². The fourth-order valence-electron chi connectivity index (χ4n) is 5.02. The van der Waals surface area contributed by atoms with Crippen LogP contribution >= 0.6 is 35.3 Å². The number of hydrazine groups is 1. The van der Waals surface area contributed by atoms with Crippen molar-refractivity contribution in [3.8, 4) is 11.5 Å². The van der Waals surface area contributed by atoms with Gasteiger partial charge >= 0.3 is 11.9 Å². The number of carboxylic acids is 2. The number of nitrogens with one attached hydrogen (secondary N) is 3. The molecule has 6 rings (SSSR count). The molecule has 0 radical (unpaired) electrons. The molecule has 4 aromatic rings. The number of aliphatic carboxylic acids is 1. The zero-order valence-electron chi connectivity index (χ0n) is 27.9.